The van der Waals surface area contributed by atoms with E-state index in [4.69, 9.17) is 11.3 Å². The summed E-state index contributed by atoms with van der Waals surface area (Å²) in [7, 11) is 0. The highest BCUT2D eigenvalue weighted by molar-refractivity contribution is 5.80. The molecular formula is C5H9N5O. The summed E-state index contributed by atoms with van der Waals surface area (Å²) in [6.07, 6.45) is 0.513. The number of carbonyl (C=O) groups excluding carboxylic acids is 1. The lowest BCUT2D eigenvalue weighted by atomic mass is 10.2. The maximum absolute atomic E-state index is 10.6. The van der Waals surface area contributed by atoms with Crippen molar-refractivity contribution in [2.75, 3.05) is 6.54 Å². The SMILES string of the molecule is [N-]=[N+]=NC1CNC(C(N)=O)C1. The van der Waals surface area contributed by atoms with E-state index in [-0.39, 0.29) is 18.0 Å². The van der Waals surface area contributed by atoms with Gasteiger partial charge in [-0.1, -0.05) is 5.11 Å². The summed E-state index contributed by atoms with van der Waals surface area (Å²) >= 11 is 0. The van der Waals surface area contributed by atoms with Crippen LogP contribution in [0.25, 0.3) is 10.4 Å². The molecule has 0 saturated carbocycles. The third-order valence-electron chi connectivity index (χ3n) is 1.67. The molecule has 0 aliphatic carbocycles. The Labute approximate surface area is 63.4 Å². The zero-order valence-electron chi connectivity index (χ0n) is 5.90. The van der Waals surface area contributed by atoms with Crippen molar-refractivity contribution in [2.24, 2.45) is 10.8 Å². The van der Waals surface area contributed by atoms with Gasteiger partial charge in [0.25, 0.3) is 0 Å². The molecular weight excluding hydrogens is 146 g/mol. The molecule has 3 N–H and O–H groups in total. The number of rotatable bonds is 2. The van der Waals surface area contributed by atoms with Crippen molar-refractivity contribution in [1.82, 2.24) is 5.32 Å². The van der Waals surface area contributed by atoms with Crippen molar-refractivity contribution in [1.29, 1.82) is 0 Å². The molecule has 1 rings (SSSR count). The van der Waals surface area contributed by atoms with Crippen LogP contribution in [-0.4, -0.2) is 24.5 Å². The molecule has 11 heavy (non-hydrogen) atoms. The molecule has 2 atom stereocenters. The average Bonchev–Trinajstić information content (AvgIpc) is 2.37. The van der Waals surface area contributed by atoms with Crippen molar-refractivity contribution < 1.29 is 4.79 Å². The van der Waals surface area contributed by atoms with Crippen LogP contribution in [0.4, 0.5) is 0 Å². The van der Waals surface area contributed by atoms with E-state index in [2.05, 4.69) is 15.3 Å². The highest BCUT2D eigenvalue weighted by Crippen LogP contribution is 2.09. The maximum Gasteiger partial charge on any atom is 0.234 e. The van der Waals surface area contributed by atoms with E-state index in [1.807, 2.05) is 0 Å². The van der Waals surface area contributed by atoms with E-state index in [0.717, 1.165) is 0 Å². The molecule has 1 aliphatic heterocycles. The number of nitrogens with zero attached hydrogens (tertiary/aromatic N) is 3. The Balaban J connectivity index is 2.46. The summed E-state index contributed by atoms with van der Waals surface area (Å²) in [4.78, 5) is 13.2. The molecule has 6 heteroatoms. The molecule has 60 valence electrons. The van der Waals surface area contributed by atoms with Gasteiger partial charge in [-0.25, -0.2) is 0 Å². The summed E-state index contributed by atoms with van der Waals surface area (Å²) in [6.45, 7) is 0.539. The molecule has 1 aliphatic rings. The number of hydrogen-bond donors (Lipinski definition) is 2. The van der Waals surface area contributed by atoms with Gasteiger partial charge in [-0.3, -0.25) is 4.79 Å². The molecule has 1 fully saturated rings. The summed E-state index contributed by atoms with van der Waals surface area (Å²) in [5.74, 6) is -0.388. The second-order valence-corrected chi connectivity index (χ2v) is 2.46. The van der Waals surface area contributed by atoms with Gasteiger partial charge >= 0.3 is 0 Å². The lowest BCUT2D eigenvalue weighted by Gasteiger charge is -2.01. The Kier molecular flexibility index (Phi) is 2.30. The molecule has 1 heterocycles. The number of primary amides is 1. The molecule has 0 bridgehead atoms. The molecule has 0 aromatic heterocycles. The van der Waals surface area contributed by atoms with Crippen LogP contribution < -0.4 is 11.1 Å². The number of amides is 1. The molecule has 0 aromatic rings. The Morgan fingerprint density at radius 2 is 2.55 bits per heavy atom. The lowest BCUT2D eigenvalue weighted by molar-refractivity contribution is -0.119. The highest BCUT2D eigenvalue weighted by atomic mass is 16.1. The molecule has 2 unspecified atom stereocenters. The number of hydrogen-bond acceptors (Lipinski definition) is 3. The van der Waals surface area contributed by atoms with Crippen LogP contribution >= 0.6 is 0 Å². The van der Waals surface area contributed by atoms with Crippen LogP contribution in [-0.2, 0) is 4.79 Å². The second kappa shape index (κ2) is 3.23. The van der Waals surface area contributed by atoms with Crippen LogP contribution in [0, 0.1) is 0 Å². The molecule has 0 radical (unpaired) electrons. The van der Waals surface area contributed by atoms with E-state index in [1.54, 1.807) is 0 Å². The predicted octanol–water partition coefficient (Wildman–Crippen LogP) is -0.488. The van der Waals surface area contributed by atoms with E-state index in [0.29, 0.717) is 13.0 Å². The summed E-state index contributed by atoms with van der Waals surface area (Å²) in [5, 5.41) is 6.32. The van der Waals surface area contributed by atoms with Gasteiger partial charge in [0.2, 0.25) is 5.91 Å². The van der Waals surface area contributed by atoms with Crippen LogP contribution in [0.5, 0.6) is 0 Å². The number of carbonyl (C=O) groups is 1. The number of nitrogens with one attached hydrogen (secondary N) is 1. The largest absolute Gasteiger partial charge is 0.368 e. The molecule has 1 saturated heterocycles. The van der Waals surface area contributed by atoms with E-state index in [9.17, 15) is 4.79 Å². The first-order chi connectivity index (χ1) is 5.24. The number of azide groups is 1. The first-order valence-corrected chi connectivity index (χ1v) is 3.31. The molecule has 0 aromatic carbocycles. The van der Waals surface area contributed by atoms with Crippen molar-refractivity contribution in [2.45, 2.75) is 18.5 Å². The monoisotopic (exact) mass is 155 g/mol. The van der Waals surface area contributed by atoms with Gasteiger partial charge in [0.15, 0.2) is 0 Å². The Morgan fingerprint density at radius 3 is 3.00 bits per heavy atom. The average molecular weight is 155 g/mol. The normalized spacial score (nSPS) is 29.5. The smallest absolute Gasteiger partial charge is 0.234 e. The standard InChI is InChI=1S/C5H9N5O/c6-5(11)4-1-3(2-8-4)9-10-7/h3-4,8H,1-2H2,(H2,6,11). The fraction of sp³-hybridized carbons (Fsp3) is 0.800. The van der Waals surface area contributed by atoms with Crippen molar-refractivity contribution in [3.8, 4) is 0 Å². The zero-order valence-corrected chi connectivity index (χ0v) is 5.90. The molecule has 0 spiro atoms. The van der Waals surface area contributed by atoms with Crippen molar-refractivity contribution in [3.05, 3.63) is 10.4 Å². The van der Waals surface area contributed by atoms with Gasteiger partial charge in [0, 0.05) is 11.5 Å². The topological polar surface area (TPSA) is 104 Å². The minimum atomic E-state index is -0.388. The Morgan fingerprint density at radius 1 is 1.82 bits per heavy atom. The van der Waals surface area contributed by atoms with Gasteiger partial charge in [-0.15, -0.1) is 0 Å². The predicted molar refractivity (Wildman–Crippen MR) is 38.5 cm³/mol. The number of nitrogens with two attached hydrogens (primary N) is 1. The van der Waals surface area contributed by atoms with Gasteiger partial charge in [0.1, 0.15) is 0 Å². The third-order valence-corrected chi connectivity index (χ3v) is 1.67. The third kappa shape index (κ3) is 1.83. The van der Waals surface area contributed by atoms with Gasteiger partial charge in [-0.05, 0) is 12.0 Å². The Hall–Kier alpha value is -1.26. The fourth-order valence-electron chi connectivity index (χ4n) is 1.09. The van der Waals surface area contributed by atoms with Crippen molar-refractivity contribution >= 4 is 5.91 Å². The van der Waals surface area contributed by atoms with E-state index >= 15 is 0 Å². The lowest BCUT2D eigenvalue weighted by Crippen LogP contribution is -2.36. The van der Waals surface area contributed by atoms with Crippen LogP contribution in [0.1, 0.15) is 6.42 Å². The summed E-state index contributed by atoms with van der Waals surface area (Å²) < 4.78 is 0. The van der Waals surface area contributed by atoms with Crippen LogP contribution in [0.2, 0.25) is 0 Å². The highest BCUT2D eigenvalue weighted by Gasteiger charge is 2.26. The Bertz CT molecular complexity index is 201. The first-order valence-electron chi connectivity index (χ1n) is 3.31. The van der Waals surface area contributed by atoms with Gasteiger partial charge < -0.3 is 11.1 Å². The summed E-state index contributed by atoms with van der Waals surface area (Å²) in [5.41, 5.74) is 13.1. The van der Waals surface area contributed by atoms with Crippen LogP contribution in [0.3, 0.4) is 0 Å². The van der Waals surface area contributed by atoms with Crippen LogP contribution in [0.15, 0.2) is 5.11 Å². The minimum Gasteiger partial charge on any atom is -0.368 e. The maximum atomic E-state index is 10.6. The van der Waals surface area contributed by atoms with Gasteiger partial charge in [0.05, 0.1) is 12.1 Å². The van der Waals surface area contributed by atoms with E-state index < -0.39 is 0 Å². The zero-order chi connectivity index (χ0) is 8.27. The first kappa shape index (κ1) is 7.84. The van der Waals surface area contributed by atoms with Gasteiger partial charge in [-0.2, -0.15) is 0 Å². The quantitative estimate of drug-likeness (QED) is 0.319. The second-order valence-electron chi connectivity index (χ2n) is 2.46. The molecule has 6 nitrogen and oxygen atoms in total. The van der Waals surface area contributed by atoms with Crippen molar-refractivity contribution in [3.63, 3.8) is 0 Å². The summed E-state index contributed by atoms with van der Waals surface area (Å²) in [6, 6.07) is -0.456. The van der Waals surface area contributed by atoms with E-state index in [1.165, 1.54) is 0 Å². The minimum absolute atomic E-state index is 0.127. The fourth-order valence-corrected chi connectivity index (χ4v) is 1.09. The molecule has 1 amide bonds.